The van der Waals surface area contributed by atoms with Crippen LogP contribution in [0.25, 0.3) is 0 Å². The summed E-state index contributed by atoms with van der Waals surface area (Å²) in [5.74, 6) is -0.464. The quantitative estimate of drug-likeness (QED) is 0.916. The van der Waals surface area contributed by atoms with Crippen molar-refractivity contribution in [1.82, 2.24) is 10.2 Å². The average Bonchev–Trinajstić information content (AvgIpc) is 2.54. The van der Waals surface area contributed by atoms with Crippen molar-refractivity contribution in [2.24, 2.45) is 0 Å². The van der Waals surface area contributed by atoms with Gasteiger partial charge >= 0.3 is 0 Å². The van der Waals surface area contributed by atoms with Crippen molar-refractivity contribution in [2.75, 3.05) is 13.6 Å². The summed E-state index contributed by atoms with van der Waals surface area (Å²) in [6.45, 7) is 2.47. The standard InChI is InChI=1S/C18H19ClN2O2/c1-13-6-3-4-7-15(13)12-21(2)17(22)11-20-18(23)14-8-5-9-16(19)10-14/h3-10H,11-12H2,1-2H3,(H,20,23). The lowest BCUT2D eigenvalue weighted by molar-refractivity contribution is -0.129. The lowest BCUT2D eigenvalue weighted by Gasteiger charge is -2.18. The third-order valence-electron chi connectivity index (χ3n) is 3.58. The zero-order valence-electron chi connectivity index (χ0n) is 13.2. The van der Waals surface area contributed by atoms with Gasteiger partial charge in [-0.2, -0.15) is 0 Å². The van der Waals surface area contributed by atoms with Crippen LogP contribution in [0.5, 0.6) is 0 Å². The predicted molar refractivity (Wildman–Crippen MR) is 91.4 cm³/mol. The van der Waals surface area contributed by atoms with Gasteiger partial charge in [-0.15, -0.1) is 0 Å². The van der Waals surface area contributed by atoms with Crippen LogP contribution >= 0.6 is 11.6 Å². The van der Waals surface area contributed by atoms with Gasteiger partial charge in [-0.3, -0.25) is 9.59 Å². The first kappa shape index (κ1) is 17.0. The molecule has 0 aliphatic heterocycles. The van der Waals surface area contributed by atoms with E-state index in [1.807, 2.05) is 31.2 Å². The normalized spacial score (nSPS) is 10.2. The molecule has 0 aliphatic carbocycles. The molecule has 0 spiro atoms. The van der Waals surface area contributed by atoms with Crippen molar-refractivity contribution in [2.45, 2.75) is 13.5 Å². The summed E-state index contributed by atoms with van der Waals surface area (Å²) >= 11 is 5.85. The highest BCUT2D eigenvalue weighted by Crippen LogP contribution is 2.11. The van der Waals surface area contributed by atoms with E-state index in [1.165, 1.54) is 0 Å². The summed E-state index contributed by atoms with van der Waals surface area (Å²) in [6.07, 6.45) is 0. The summed E-state index contributed by atoms with van der Waals surface area (Å²) in [4.78, 5) is 25.7. The SMILES string of the molecule is Cc1ccccc1CN(C)C(=O)CNC(=O)c1cccc(Cl)c1. The van der Waals surface area contributed by atoms with E-state index < -0.39 is 0 Å². The Balaban J connectivity index is 1.89. The first-order chi connectivity index (χ1) is 11.0. The molecule has 2 rings (SSSR count). The maximum Gasteiger partial charge on any atom is 0.251 e. The molecule has 2 amide bonds. The molecule has 0 radical (unpaired) electrons. The molecule has 4 nitrogen and oxygen atoms in total. The van der Waals surface area contributed by atoms with Crippen molar-refractivity contribution >= 4 is 23.4 Å². The second-order valence-electron chi connectivity index (χ2n) is 5.37. The first-order valence-corrected chi connectivity index (χ1v) is 7.67. The number of nitrogens with one attached hydrogen (secondary N) is 1. The average molecular weight is 331 g/mol. The Hall–Kier alpha value is -2.33. The number of rotatable bonds is 5. The van der Waals surface area contributed by atoms with Crippen LogP contribution in [0.2, 0.25) is 5.02 Å². The Morgan fingerprint density at radius 1 is 1.13 bits per heavy atom. The Morgan fingerprint density at radius 2 is 1.87 bits per heavy atom. The molecule has 5 heteroatoms. The van der Waals surface area contributed by atoms with E-state index >= 15 is 0 Å². The van der Waals surface area contributed by atoms with Gasteiger partial charge in [0.15, 0.2) is 0 Å². The highest BCUT2D eigenvalue weighted by Gasteiger charge is 2.13. The van der Waals surface area contributed by atoms with Gasteiger partial charge in [-0.25, -0.2) is 0 Å². The Morgan fingerprint density at radius 3 is 2.57 bits per heavy atom. The summed E-state index contributed by atoms with van der Waals surface area (Å²) in [5, 5.41) is 3.11. The van der Waals surface area contributed by atoms with Crippen molar-refractivity contribution in [3.8, 4) is 0 Å². The van der Waals surface area contributed by atoms with E-state index in [-0.39, 0.29) is 18.4 Å². The molecule has 0 unspecified atom stereocenters. The fraction of sp³-hybridized carbons (Fsp3) is 0.222. The molecule has 0 saturated heterocycles. The smallest absolute Gasteiger partial charge is 0.251 e. The molecule has 2 aromatic carbocycles. The Kier molecular flexibility index (Phi) is 5.77. The minimum atomic E-state index is -0.315. The number of likely N-dealkylation sites (N-methyl/N-ethyl adjacent to an activating group) is 1. The molecule has 1 N–H and O–H groups in total. The lowest BCUT2D eigenvalue weighted by Crippen LogP contribution is -2.37. The van der Waals surface area contributed by atoms with E-state index in [0.29, 0.717) is 17.1 Å². The molecular weight excluding hydrogens is 312 g/mol. The molecule has 2 aromatic rings. The lowest BCUT2D eigenvalue weighted by atomic mass is 10.1. The molecule has 0 aliphatic rings. The van der Waals surface area contributed by atoms with Gasteiger partial charge in [-0.05, 0) is 36.2 Å². The molecule has 0 bridgehead atoms. The van der Waals surface area contributed by atoms with Gasteiger partial charge in [0.2, 0.25) is 5.91 Å². The van der Waals surface area contributed by atoms with E-state index in [2.05, 4.69) is 5.32 Å². The topological polar surface area (TPSA) is 49.4 Å². The van der Waals surface area contributed by atoms with E-state index in [4.69, 9.17) is 11.6 Å². The molecule has 0 aromatic heterocycles. The summed E-state index contributed by atoms with van der Waals surface area (Å²) in [7, 11) is 1.72. The van der Waals surface area contributed by atoms with Crippen LogP contribution in [0, 0.1) is 6.92 Å². The number of amides is 2. The zero-order chi connectivity index (χ0) is 16.8. The zero-order valence-corrected chi connectivity index (χ0v) is 13.9. The number of carbonyl (C=O) groups excluding carboxylic acids is 2. The van der Waals surface area contributed by atoms with Gasteiger partial charge in [0, 0.05) is 24.2 Å². The second kappa shape index (κ2) is 7.79. The summed E-state index contributed by atoms with van der Waals surface area (Å²) in [5.41, 5.74) is 2.66. The number of hydrogen-bond donors (Lipinski definition) is 1. The van der Waals surface area contributed by atoms with E-state index in [0.717, 1.165) is 11.1 Å². The molecule has 0 fully saturated rings. The van der Waals surface area contributed by atoms with Crippen LogP contribution in [0.15, 0.2) is 48.5 Å². The van der Waals surface area contributed by atoms with Crippen LogP contribution in [-0.2, 0) is 11.3 Å². The van der Waals surface area contributed by atoms with Crippen molar-refractivity contribution in [1.29, 1.82) is 0 Å². The highest BCUT2D eigenvalue weighted by molar-refractivity contribution is 6.30. The number of hydrogen-bond acceptors (Lipinski definition) is 2. The fourth-order valence-corrected chi connectivity index (χ4v) is 2.34. The number of benzene rings is 2. The van der Waals surface area contributed by atoms with Crippen LogP contribution in [0.4, 0.5) is 0 Å². The van der Waals surface area contributed by atoms with Crippen LogP contribution in [0.1, 0.15) is 21.5 Å². The molecule has 23 heavy (non-hydrogen) atoms. The molecular formula is C18H19ClN2O2. The number of halogens is 1. The Bertz CT molecular complexity index is 716. The van der Waals surface area contributed by atoms with Gasteiger partial charge in [0.25, 0.3) is 5.91 Å². The highest BCUT2D eigenvalue weighted by atomic mass is 35.5. The van der Waals surface area contributed by atoms with E-state index in [9.17, 15) is 9.59 Å². The summed E-state index contributed by atoms with van der Waals surface area (Å²) in [6, 6.07) is 14.5. The van der Waals surface area contributed by atoms with Gasteiger partial charge in [0.1, 0.15) is 0 Å². The molecule has 120 valence electrons. The van der Waals surface area contributed by atoms with Crippen molar-refractivity contribution in [3.05, 3.63) is 70.2 Å². The van der Waals surface area contributed by atoms with Crippen LogP contribution in [0.3, 0.4) is 0 Å². The molecule has 0 atom stereocenters. The number of nitrogens with zero attached hydrogens (tertiary/aromatic N) is 1. The second-order valence-corrected chi connectivity index (χ2v) is 5.81. The predicted octanol–water partition coefficient (Wildman–Crippen LogP) is 3.04. The van der Waals surface area contributed by atoms with Crippen molar-refractivity contribution < 1.29 is 9.59 Å². The maximum atomic E-state index is 12.1. The number of aryl methyl sites for hydroxylation is 1. The van der Waals surface area contributed by atoms with Crippen LogP contribution in [-0.4, -0.2) is 30.3 Å². The maximum absolute atomic E-state index is 12.1. The fourth-order valence-electron chi connectivity index (χ4n) is 2.15. The van der Waals surface area contributed by atoms with Gasteiger partial charge in [0.05, 0.1) is 6.54 Å². The van der Waals surface area contributed by atoms with Crippen molar-refractivity contribution in [3.63, 3.8) is 0 Å². The number of carbonyl (C=O) groups is 2. The largest absolute Gasteiger partial charge is 0.343 e. The monoisotopic (exact) mass is 330 g/mol. The summed E-state index contributed by atoms with van der Waals surface area (Å²) < 4.78 is 0. The Labute approximate surface area is 141 Å². The van der Waals surface area contributed by atoms with Gasteiger partial charge in [-0.1, -0.05) is 41.9 Å². The third-order valence-corrected chi connectivity index (χ3v) is 3.82. The minimum Gasteiger partial charge on any atom is -0.343 e. The molecule has 0 saturated carbocycles. The van der Waals surface area contributed by atoms with Gasteiger partial charge < -0.3 is 10.2 Å². The molecule has 0 heterocycles. The minimum absolute atomic E-state index is 0.0479. The third kappa shape index (κ3) is 4.83. The first-order valence-electron chi connectivity index (χ1n) is 7.29. The van der Waals surface area contributed by atoms with E-state index in [1.54, 1.807) is 36.2 Å². The van der Waals surface area contributed by atoms with Crippen LogP contribution < -0.4 is 5.32 Å².